The molecule has 0 radical (unpaired) electrons. The van der Waals surface area contributed by atoms with Gasteiger partial charge < -0.3 is 4.98 Å². The van der Waals surface area contributed by atoms with Crippen LogP contribution >= 0.6 is 0 Å². The average Bonchev–Trinajstić information content (AvgIpc) is 3.12. The number of nitrogens with one attached hydrogen (secondary N) is 1. The van der Waals surface area contributed by atoms with Crippen molar-refractivity contribution in [3.63, 3.8) is 0 Å². The lowest BCUT2D eigenvalue weighted by molar-refractivity contribution is 1.36. The minimum atomic E-state index is 1.02. The van der Waals surface area contributed by atoms with E-state index in [9.17, 15) is 0 Å². The maximum atomic E-state index is 4.78. The smallest absolute Gasteiger partial charge is 0.0801 e. The molecule has 0 saturated heterocycles. The molecule has 6 aromatic rings. The Labute approximate surface area is 156 Å². The maximum absolute atomic E-state index is 4.78. The fraction of sp³-hybridized carbons (Fsp3) is 0. The van der Waals surface area contributed by atoms with Crippen LogP contribution in [0.5, 0.6) is 0 Å². The summed E-state index contributed by atoms with van der Waals surface area (Å²) in [5.41, 5.74) is 4.49. The summed E-state index contributed by atoms with van der Waals surface area (Å²) >= 11 is 0. The number of benzene rings is 4. The molecule has 126 valence electrons. The Morgan fingerprint density at radius 3 is 2.41 bits per heavy atom. The molecule has 0 amide bonds. The summed E-state index contributed by atoms with van der Waals surface area (Å²) < 4.78 is 0. The molecular weight excluding hydrogens is 328 g/mol. The van der Waals surface area contributed by atoms with Crippen LogP contribution in [0.15, 0.2) is 91.1 Å². The summed E-state index contributed by atoms with van der Waals surface area (Å²) in [5.74, 6) is 0. The summed E-state index contributed by atoms with van der Waals surface area (Å²) in [6.45, 7) is 0. The van der Waals surface area contributed by atoms with Crippen LogP contribution < -0.4 is 0 Å². The molecule has 0 aliphatic rings. The monoisotopic (exact) mass is 344 g/mol. The number of fused-ring (bicyclic) bond motifs is 6. The quantitative estimate of drug-likeness (QED) is 0.354. The number of aromatic amines is 1. The third-order valence-electron chi connectivity index (χ3n) is 5.43. The molecule has 0 atom stereocenters. The van der Waals surface area contributed by atoms with Crippen molar-refractivity contribution in [3.8, 4) is 11.3 Å². The van der Waals surface area contributed by atoms with Gasteiger partial charge in [-0.15, -0.1) is 0 Å². The second-order valence-corrected chi connectivity index (χ2v) is 6.98. The van der Waals surface area contributed by atoms with Gasteiger partial charge in [-0.3, -0.25) is 4.98 Å². The van der Waals surface area contributed by atoms with E-state index in [-0.39, 0.29) is 0 Å². The molecule has 0 bridgehead atoms. The average molecular weight is 344 g/mol. The van der Waals surface area contributed by atoms with Crippen molar-refractivity contribution in [1.29, 1.82) is 0 Å². The number of H-pyrrole nitrogens is 1. The molecule has 2 heterocycles. The third-order valence-corrected chi connectivity index (χ3v) is 5.43. The van der Waals surface area contributed by atoms with Gasteiger partial charge in [0.1, 0.15) is 0 Å². The lowest BCUT2D eigenvalue weighted by atomic mass is 9.99. The van der Waals surface area contributed by atoms with Gasteiger partial charge in [0.15, 0.2) is 0 Å². The molecule has 6 rings (SSSR count). The van der Waals surface area contributed by atoms with E-state index in [1.807, 2.05) is 6.20 Å². The normalized spacial score (nSPS) is 11.7. The van der Waals surface area contributed by atoms with Crippen LogP contribution in [0.4, 0.5) is 0 Å². The number of aromatic nitrogens is 2. The van der Waals surface area contributed by atoms with E-state index in [4.69, 9.17) is 4.98 Å². The van der Waals surface area contributed by atoms with Crippen LogP contribution in [-0.4, -0.2) is 9.97 Å². The molecule has 2 heteroatoms. The Hall–Kier alpha value is -3.65. The van der Waals surface area contributed by atoms with Gasteiger partial charge in [0.2, 0.25) is 0 Å². The Morgan fingerprint density at radius 1 is 0.630 bits per heavy atom. The molecule has 0 fully saturated rings. The van der Waals surface area contributed by atoms with Crippen LogP contribution in [0.1, 0.15) is 0 Å². The van der Waals surface area contributed by atoms with Gasteiger partial charge in [-0.05, 0) is 34.4 Å². The van der Waals surface area contributed by atoms with Crippen LogP contribution in [-0.2, 0) is 0 Å². The predicted octanol–water partition coefficient (Wildman–Crippen LogP) is 6.69. The number of hydrogen-bond acceptors (Lipinski definition) is 1. The minimum absolute atomic E-state index is 1.02. The molecule has 2 nitrogen and oxygen atoms in total. The van der Waals surface area contributed by atoms with E-state index >= 15 is 0 Å². The van der Waals surface area contributed by atoms with Gasteiger partial charge in [0.05, 0.1) is 11.2 Å². The number of para-hydroxylation sites is 1. The van der Waals surface area contributed by atoms with Crippen molar-refractivity contribution in [2.75, 3.05) is 0 Å². The molecule has 4 aromatic carbocycles. The van der Waals surface area contributed by atoms with Gasteiger partial charge in [0.25, 0.3) is 0 Å². The topological polar surface area (TPSA) is 28.7 Å². The van der Waals surface area contributed by atoms with E-state index in [0.29, 0.717) is 0 Å². The summed E-state index contributed by atoms with van der Waals surface area (Å²) in [5, 5.41) is 7.36. The highest BCUT2D eigenvalue weighted by atomic mass is 14.7. The van der Waals surface area contributed by atoms with Crippen molar-refractivity contribution in [3.05, 3.63) is 91.1 Å². The fourth-order valence-electron chi connectivity index (χ4n) is 4.14. The molecular formula is C25H16N2. The molecule has 0 spiro atoms. The first-order valence-electron chi connectivity index (χ1n) is 9.16. The predicted molar refractivity (Wildman–Crippen MR) is 114 cm³/mol. The third kappa shape index (κ3) is 2.10. The highest BCUT2D eigenvalue weighted by molar-refractivity contribution is 6.20. The Bertz CT molecular complexity index is 1470. The SMILES string of the molecule is c1ccc2cc(-c3nccc4ccc5c6ccccc6[nH]c5c34)ccc2c1. The Kier molecular flexibility index (Phi) is 2.91. The van der Waals surface area contributed by atoms with E-state index in [2.05, 4.69) is 89.9 Å². The maximum Gasteiger partial charge on any atom is 0.0801 e. The Morgan fingerprint density at radius 2 is 1.44 bits per heavy atom. The van der Waals surface area contributed by atoms with Crippen molar-refractivity contribution < 1.29 is 0 Å². The molecule has 27 heavy (non-hydrogen) atoms. The summed E-state index contributed by atoms with van der Waals surface area (Å²) in [6, 6.07) is 30.0. The van der Waals surface area contributed by atoms with Crippen molar-refractivity contribution in [1.82, 2.24) is 9.97 Å². The zero-order valence-electron chi connectivity index (χ0n) is 14.6. The summed E-state index contributed by atoms with van der Waals surface area (Å²) in [7, 11) is 0. The van der Waals surface area contributed by atoms with Gasteiger partial charge in [-0.1, -0.05) is 66.7 Å². The van der Waals surface area contributed by atoms with Crippen molar-refractivity contribution >= 4 is 43.4 Å². The fourth-order valence-corrected chi connectivity index (χ4v) is 4.14. The van der Waals surface area contributed by atoms with E-state index < -0.39 is 0 Å². The minimum Gasteiger partial charge on any atom is -0.354 e. The summed E-state index contributed by atoms with van der Waals surface area (Å²) in [4.78, 5) is 8.41. The lowest BCUT2D eigenvalue weighted by Crippen LogP contribution is -1.88. The zero-order valence-corrected chi connectivity index (χ0v) is 14.6. The molecule has 0 aliphatic heterocycles. The van der Waals surface area contributed by atoms with Crippen LogP contribution in [0.25, 0.3) is 54.6 Å². The molecule has 1 N–H and O–H groups in total. The van der Waals surface area contributed by atoms with Gasteiger partial charge in [0, 0.05) is 33.4 Å². The van der Waals surface area contributed by atoms with Gasteiger partial charge >= 0.3 is 0 Å². The van der Waals surface area contributed by atoms with E-state index in [1.165, 1.54) is 32.3 Å². The second-order valence-electron chi connectivity index (χ2n) is 6.98. The Balaban J connectivity index is 1.75. The van der Waals surface area contributed by atoms with Crippen molar-refractivity contribution in [2.24, 2.45) is 0 Å². The number of pyridine rings is 1. The van der Waals surface area contributed by atoms with Crippen LogP contribution in [0.3, 0.4) is 0 Å². The summed E-state index contributed by atoms with van der Waals surface area (Å²) in [6.07, 6.45) is 1.90. The van der Waals surface area contributed by atoms with Crippen LogP contribution in [0, 0.1) is 0 Å². The molecule has 0 saturated carbocycles. The van der Waals surface area contributed by atoms with E-state index in [1.54, 1.807) is 0 Å². The lowest BCUT2D eigenvalue weighted by Gasteiger charge is -2.08. The van der Waals surface area contributed by atoms with E-state index in [0.717, 1.165) is 22.3 Å². The standard InChI is InChI=1S/C25H16N2/c1-2-6-18-15-19(10-9-16(18)5-1)24-23-17(13-14-26-24)11-12-21-20-7-3-4-8-22(20)27-25(21)23/h1-15,27H. The number of nitrogens with zero attached hydrogens (tertiary/aromatic N) is 1. The second kappa shape index (κ2) is 5.42. The number of hydrogen-bond donors (Lipinski definition) is 1. The van der Waals surface area contributed by atoms with Crippen LogP contribution in [0.2, 0.25) is 0 Å². The molecule has 0 unspecified atom stereocenters. The molecule has 2 aromatic heterocycles. The van der Waals surface area contributed by atoms with Gasteiger partial charge in [-0.2, -0.15) is 0 Å². The first-order chi connectivity index (χ1) is 13.4. The van der Waals surface area contributed by atoms with Gasteiger partial charge in [-0.25, -0.2) is 0 Å². The highest BCUT2D eigenvalue weighted by Gasteiger charge is 2.13. The molecule has 0 aliphatic carbocycles. The first kappa shape index (κ1) is 14.5. The largest absolute Gasteiger partial charge is 0.354 e. The number of rotatable bonds is 1. The first-order valence-corrected chi connectivity index (χ1v) is 9.16. The zero-order chi connectivity index (χ0) is 17.8. The highest BCUT2D eigenvalue weighted by Crippen LogP contribution is 2.36. The van der Waals surface area contributed by atoms with Crippen molar-refractivity contribution in [2.45, 2.75) is 0 Å².